The van der Waals surface area contributed by atoms with Gasteiger partial charge in [0, 0.05) is 26.2 Å². The van der Waals surface area contributed by atoms with Crippen molar-refractivity contribution in [3.05, 3.63) is 59.9 Å². The second kappa shape index (κ2) is 8.48. The fourth-order valence-electron chi connectivity index (χ4n) is 2.97. The van der Waals surface area contributed by atoms with Gasteiger partial charge in [0.15, 0.2) is 0 Å². The molecule has 0 atom stereocenters. The van der Waals surface area contributed by atoms with Crippen LogP contribution in [0, 0.1) is 17.1 Å². The van der Waals surface area contributed by atoms with Gasteiger partial charge < -0.3 is 5.32 Å². The lowest BCUT2D eigenvalue weighted by molar-refractivity contribution is -0.117. The Labute approximate surface area is 163 Å². The van der Waals surface area contributed by atoms with Crippen LogP contribution in [-0.4, -0.2) is 56.3 Å². The van der Waals surface area contributed by atoms with Crippen LogP contribution in [0.2, 0.25) is 0 Å². The third kappa shape index (κ3) is 4.54. The summed E-state index contributed by atoms with van der Waals surface area (Å²) < 4.78 is 39.6. The Bertz CT molecular complexity index is 995. The van der Waals surface area contributed by atoms with Crippen molar-refractivity contribution >= 4 is 21.6 Å². The smallest absolute Gasteiger partial charge is 0.243 e. The van der Waals surface area contributed by atoms with Crippen LogP contribution in [0.5, 0.6) is 0 Å². The monoisotopic (exact) mass is 402 g/mol. The molecule has 1 fully saturated rings. The van der Waals surface area contributed by atoms with E-state index in [-0.39, 0.29) is 30.4 Å². The van der Waals surface area contributed by atoms with Crippen LogP contribution >= 0.6 is 0 Å². The third-order valence-electron chi connectivity index (χ3n) is 4.47. The fraction of sp³-hybridized carbons (Fsp3) is 0.263. The molecule has 9 heteroatoms. The normalized spacial score (nSPS) is 15.7. The lowest BCUT2D eigenvalue weighted by atomic mass is 10.2. The van der Waals surface area contributed by atoms with Crippen molar-refractivity contribution in [3.8, 4) is 6.07 Å². The zero-order valence-electron chi connectivity index (χ0n) is 15.0. The van der Waals surface area contributed by atoms with Crippen LogP contribution in [0.4, 0.5) is 10.1 Å². The number of carbonyl (C=O) groups is 1. The number of anilines is 1. The molecule has 0 aromatic heterocycles. The van der Waals surface area contributed by atoms with Crippen molar-refractivity contribution in [1.82, 2.24) is 9.21 Å². The number of piperazine rings is 1. The van der Waals surface area contributed by atoms with Gasteiger partial charge in [0.05, 0.1) is 22.7 Å². The van der Waals surface area contributed by atoms with E-state index in [4.69, 9.17) is 5.26 Å². The average molecular weight is 402 g/mol. The number of hydrogen-bond acceptors (Lipinski definition) is 5. The Morgan fingerprint density at radius 1 is 1.07 bits per heavy atom. The zero-order valence-corrected chi connectivity index (χ0v) is 15.8. The highest BCUT2D eigenvalue weighted by atomic mass is 32.2. The molecule has 0 spiro atoms. The molecule has 28 heavy (non-hydrogen) atoms. The molecule has 2 aromatic rings. The highest BCUT2D eigenvalue weighted by Gasteiger charge is 2.29. The van der Waals surface area contributed by atoms with Gasteiger partial charge in [-0.15, -0.1) is 0 Å². The van der Waals surface area contributed by atoms with E-state index in [9.17, 15) is 17.6 Å². The molecule has 0 aliphatic carbocycles. The number of sulfonamides is 1. The molecule has 1 saturated heterocycles. The summed E-state index contributed by atoms with van der Waals surface area (Å²) in [4.78, 5) is 14.1. The quantitative estimate of drug-likeness (QED) is 0.821. The maximum atomic E-state index is 13.0. The van der Waals surface area contributed by atoms with Gasteiger partial charge in [0.2, 0.25) is 15.9 Å². The molecule has 0 unspecified atom stereocenters. The van der Waals surface area contributed by atoms with Crippen LogP contribution in [0.1, 0.15) is 5.56 Å². The molecule has 1 aliphatic heterocycles. The summed E-state index contributed by atoms with van der Waals surface area (Å²) in [5.41, 5.74) is 0.832. The van der Waals surface area contributed by atoms with Gasteiger partial charge in [-0.3, -0.25) is 9.69 Å². The number of amides is 1. The lowest BCUT2D eigenvalue weighted by Crippen LogP contribution is -2.50. The van der Waals surface area contributed by atoms with Crippen molar-refractivity contribution in [1.29, 1.82) is 5.26 Å². The predicted octanol–water partition coefficient (Wildman–Crippen LogP) is 1.64. The first-order chi connectivity index (χ1) is 13.4. The zero-order chi connectivity index (χ0) is 20.1. The molecule has 0 saturated carbocycles. The molecule has 1 amide bonds. The highest BCUT2D eigenvalue weighted by molar-refractivity contribution is 7.89. The number of hydrogen-bond donors (Lipinski definition) is 1. The molecule has 3 rings (SSSR count). The molecule has 0 radical (unpaired) electrons. The predicted molar refractivity (Wildman–Crippen MR) is 101 cm³/mol. The summed E-state index contributed by atoms with van der Waals surface area (Å²) in [6.45, 7) is 1.37. The van der Waals surface area contributed by atoms with Crippen LogP contribution < -0.4 is 5.32 Å². The molecule has 1 N–H and O–H groups in total. The number of rotatable bonds is 5. The Morgan fingerprint density at radius 3 is 2.36 bits per heavy atom. The summed E-state index contributed by atoms with van der Waals surface area (Å²) in [6, 6.07) is 13.5. The summed E-state index contributed by atoms with van der Waals surface area (Å²) in [5.74, 6) is -0.759. The second-order valence-electron chi connectivity index (χ2n) is 6.34. The average Bonchev–Trinajstić information content (AvgIpc) is 2.69. The van der Waals surface area contributed by atoms with Crippen molar-refractivity contribution in [3.63, 3.8) is 0 Å². The number of carbonyl (C=O) groups excluding carboxylic acids is 1. The van der Waals surface area contributed by atoms with E-state index in [1.165, 1.54) is 16.4 Å². The van der Waals surface area contributed by atoms with Gasteiger partial charge >= 0.3 is 0 Å². The molecule has 1 aliphatic rings. The largest absolute Gasteiger partial charge is 0.324 e. The van der Waals surface area contributed by atoms with Crippen molar-refractivity contribution in [2.45, 2.75) is 4.90 Å². The molecular formula is C19H19FN4O3S. The highest BCUT2D eigenvalue weighted by Crippen LogP contribution is 2.18. The molecular weight excluding hydrogens is 383 g/mol. The van der Waals surface area contributed by atoms with E-state index in [1.54, 1.807) is 24.3 Å². The van der Waals surface area contributed by atoms with E-state index < -0.39 is 15.8 Å². The second-order valence-corrected chi connectivity index (χ2v) is 8.28. The van der Waals surface area contributed by atoms with Crippen molar-refractivity contribution in [2.24, 2.45) is 0 Å². The number of nitriles is 1. The first kappa shape index (κ1) is 19.9. The van der Waals surface area contributed by atoms with Gasteiger partial charge in [-0.1, -0.05) is 12.1 Å². The van der Waals surface area contributed by atoms with E-state index in [0.29, 0.717) is 24.3 Å². The van der Waals surface area contributed by atoms with Gasteiger partial charge in [-0.25, -0.2) is 12.8 Å². The number of benzene rings is 2. The van der Waals surface area contributed by atoms with E-state index in [0.717, 1.165) is 12.1 Å². The maximum absolute atomic E-state index is 13.0. The first-order valence-electron chi connectivity index (χ1n) is 8.67. The van der Waals surface area contributed by atoms with Crippen LogP contribution in [0.3, 0.4) is 0 Å². The number of para-hydroxylation sites is 1. The first-order valence-corrected chi connectivity index (χ1v) is 10.1. The van der Waals surface area contributed by atoms with E-state index >= 15 is 0 Å². The molecule has 146 valence electrons. The molecule has 0 bridgehead atoms. The number of nitrogens with one attached hydrogen (secondary N) is 1. The van der Waals surface area contributed by atoms with Crippen LogP contribution in [0.25, 0.3) is 0 Å². The van der Waals surface area contributed by atoms with Gasteiger partial charge in [-0.05, 0) is 36.4 Å². The summed E-state index contributed by atoms with van der Waals surface area (Å²) >= 11 is 0. The van der Waals surface area contributed by atoms with Gasteiger partial charge in [-0.2, -0.15) is 9.57 Å². The number of halogens is 1. The molecule has 7 nitrogen and oxygen atoms in total. The minimum absolute atomic E-state index is 0.0493. The maximum Gasteiger partial charge on any atom is 0.243 e. The molecule has 2 aromatic carbocycles. The van der Waals surface area contributed by atoms with Crippen LogP contribution in [-0.2, 0) is 14.8 Å². The minimum Gasteiger partial charge on any atom is -0.324 e. The summed E-state index contributed by atoms with van der Waals surface area (Å²) in [6.07, 6.45) is 0. The van der Waals surface area contributed by atoms with Crippen molar-refractivity contribution < 1.29 is 17.6 Å². The Balaban J connectivity index is 1.56. The van der Waals surface area contributed by atoms with Crippen LogP contribution in [0.15, 0.2) is 53.4 Å². The Hall–Kier alpha value is -2.80. The Morgan fingerprint density at radius 2 is 1.71 bits per heavy atom. The summed E-state index contributed by atoms with van der Waals surface area (Å²) in [5, 5.41) is 11.8. The van der Waals surface area contributed by atoms with Gasteiger partial charge in [0.25, 0.3) is 0 Å². The minimum atomic E-state index is -3.68. The van der Waals surface area contributed by atoms with Crippen molar-refractivity contribution in [2.75, 3.05) is 38.0 Å². The third-order valence-corrected chi connectivity index (χ3v) is 6.38. The fourth-order valence-corrected chi connectivity index (χ4v) is 4.39. The topological polar surface area (TPSA) is 93.5 Å². The molecule has 1 heterocycles. The summed E-state index contributed by atoms with van der Waals surface area (Å²) in [7, 11) is -3.68. The lowest BCUT2D eigenvalue weighted by Gasteiger charge is -2.33. The van der Waals surface area contributed by atoms with Gasteiger partial charge in [0.1, 0.15) is 11.9 Å². The Kier molecular flexibility index (Phi) is 6.04. The van der Waals surface area contributed by atoms with E-state index in [2.05, 4.69) is 5.32 Å². The van der Waals surface area contributed by atoms with E-state index in [1.807, 2.05) is 11.0 Å². The standard InChI is InChI=1S/C19H19FN4O3S/c20-16-5-7-17(8-6-16)28(26,27)24-11-9-23(10-12-24)14-19(25)22-18-4-2-1-3-15(18)13-21/h1-8H,9-12,14H2,(H,22,25). The number of nitrogens with zero attached hydrogens (tertiary/aromatic N) is 3. The SMILES string of the molecule is N#Cc1ccccc1NC(=O)CN1CCN(S(=O)(=O)c2ccc(F)cc2)CC1.